The number of pyridine rings is 2. The minimum atomic E-state index is -4.74. The molecule has 0 aromatic carbocycles. The molecule has 0 saturated heterocycles. The summed E-state index contributed by atoms with van der Waals surface area (Å²) in [6.07, 6.45) is -2.77. The van der Waals surface area contributed by atoms with E-state index in [2.05, 4.69) is 15.0 Å². The van der Waals surface area contributed by atoms with Crippen LogP contribution in [-0.2, 0) is 23.1 Å². The number of hydrogen-bond acceptors (Lipinski definition) is 7. The highest BCUT2D eigenvalue weighted by molar-refractivity contribution is 7.91. The van der Waals surface area contributed by atoms with Crippen LogP contribution in [0, 0.1) is 11.3 Å². The lowest BCUT2D eigenvalue weighted by molar-refractivity contribution is -0.138. The van der Waals surface area contributed by atoms with E-state index in [1.54, 1.807) is 13.1 Å². The Morgan fingerprint density at radius 3 is 2.59 bits per heavy atom. The molecule has 3 rings (SSSR count). The van der Waals surface area contributed by atoms with Gasteiger partial charge in [-0.05, 0) is 6.07 Å². The minimum absolute atomic E-state index is 0.0555. The molecule has 3 aromatic rings. The average Bonchev–Trinajstić information content (AvgIpc) is 3.01. The highest BCUT2D eigenvalue weighted by atomic mass is 32.2. The van der Waals surface area contributed by atoms with Crippen LogP contribution >= 0.6 is 0 Å². The first-order chi connectivity index (χ1) is 13.6. The van der Waals surface area contributed by atoms with Gasteiger partial charge in [-0.1, -0.05) is 6.92 Å². The summed E-state index contributed by atoms with van der Waals surface area (Å²) >= 11 is 0. The van der Waals surface area contributed by atoms with Gasteiger partial charge in [-0.15, -0.1) is 0 Å². The van der Waals surface area contributed by atoms with Crippen LogP contribution < -0.4 is 4.74 Å². The van der Waals surface area contributed by atoms with Crippen molar-refractivity contribution >= 4 is 20.9 Å². The van der Waals surface area contributed by atoms with Gasteiger partial charge in [0.05, 0.1) is 33.4 Å². The molecule has 0 fully saturated rings. The Morgan fingerprint density at radius 1 is 1.24 bits per heavy atom. The maximum Gasteiger partial charge on any atom is 0.417 e. The summed E-state index contributed by atoms with van der Waals surface area (Å²) in [6.45, 7) is 1.11. The number of alkyl halides is 3. The van der Waals surface area contributed by atoms with E-state index < -0.39 is 32.2 Å². The number of rotatable bonds is 5. The van der Waals surface area contributed by atoms with E-state index >= 15 is 0 Å². The Bertz CT molecular complexity index is 1230. The Morgan fingerprint density at radius 2 is 1.97 bits per heavy atom. The van der Waals surface area contributed by atoms with Crippen LogP contribution in [0.1, 0.15) is 12.5 Å². The third-order valence-electron chi connectivity index (χ3n) is 4.13. The van der Waals surface area contributed by atoms with Gasteiger partial charge in [0, 0.05) is 19.3 Å². The molecule has 0 bridgehead atoms. The van der Waals surface area contributed by atoms with Gasteiger partial charge in [-0.2, -0.15) is 18.4 Å². The molecule has 0 unspecified atom stereocenters. The Balaban J connectivity index is 2.23. The molecule has 3 aromatic heterocycles. The van der Waals surface area contributed by atoms with Crippen LogP contribution in [0.5, 0.6) is 5.88 Å². The fourth-order valence-corrected chi connectivity index (χ4v) is 3.68. The van der Waals surface area contributed by atoms with Crippen LogP contribution in [0.15, 0.2) is 29.4 Å². The minimum Gasteiger partial charge on any atom is -0.462 e. The summed E-state index contributed by atoms with van der Waals surface area (Å²) in [5.41, 5.74) is -0.531. The molecule has 8 nitrogen and oxygen atoms in total. The fraction of sp³-hybridized carbons (Fsp3) is 0.294. The smallest absolute Gasteiger partial charge is 0.417 e. The highest BCUT2D eigenvalue weighted by Crippen LogP contribution is 2.34. The van der Waals surface area contributed by atoms with Gasteiger partial charge in [-0.25, -0.2) is 18.4 Å². The maximum atomic E-state index is 13.1. The predicted octanol–water partition coefficient (Wildman–Crippen LogP) is 2.75. The second-order valence-corrected chi connectivity index (χ2v) is 8.17. The quantitative estimate of drug-likeness (QED) is 0.618. The lowest BCUT2D eigenvalue weighted by Crippen LogP contribution is -2.13. The molecule has 0 spiro atoms. The van der Waals surface area contributed by atoms with Crippen molar-refractivity contribution in [3.8, 4) is 23.5 Å². The number of aromatic nitrogens is 4. The number of sulfone groups is 1. The number of ether oxygens (including phenoxy) is 1. The Labute approximate surface area is 163 Å². The summed E-state index contributed by atoms with van der Waals surface area (Å²) < 4.78 is 70.8. The van der Waals surface area contributed by atoms with Crippen molar-refractivity contribution in [2.45, 2.75) is 18.0 Å². The maximum absolute atomic E-state index is 13.1. The number of imidazole rings is 1. The van der Waals surface area contributed by atoms with Crippen LogP contribution in [-0.4, -0.2) is 40.3 Å². The number of aryl methyl sites for hydroxylation is 1. The van der Waals surface area contributed by atoms with Gasteiger partial charge in [-0.3, -0.25) is 4.98 Å². The van der Waals surface area contributed by atoms with Crippen molar-refractivity contribution in [1.82, 2.24) is 19.5 Å². The third kappa shape index (κ3) is 3.86. The topological polar surface area (TPSA) is 111 Å². The summed E-state index contributed by atoms with van der Waals surface area (Å²) in [6, 6.07) is 3.81. The van der Waals surface area contributed by atoms with Crippen LogP contribution in [0.25, 0.3) is 22.6 Å². The second-order valence-electron chi connectivity index (χ2n) is 5.92. The van der Waals surface area contributed by atoms with Crippen molar-refractivity contribution in [3.05, 3.63) is 30.1 Å². The molecule has 0 aliphatic heterocycles. The molecule has 0 amide bonds. The van der Waals surface area contributed by atoms with E-state index in [-0.39, 0.29) is 24.0 Å². The first-order valence-corrected chi connectivity index (χ1v) is 9.86. The molecule has 0 atom stereocenters. The summed E-state index contributed by atoms with van der Waals surface area (Å²) in [7, 11) is -2.47. The lowest BCUT2D eigenvalue weighted by atomic mass is 10.2. The third-order valence-corrected chi connectivity index (χ3v) is 5.88. The molecule has 0 radical (unpaired) electrons. The average molecular weight is 425 g/mol. The molecule has 0 aliphatic carbocycles. The van der Waals surface area contributed by atoms with Crippen molar-refractivity contribution in [2.75, 3.05) is 12.4 Å². The molecular weight excluding hydrogens is 411 g/mol. The largest absolute Gasteiger partial charge is 0.462 e. The Kier molecular flexibility index (Phi) is 5.18. The number of hydrogen-bond donors (Lipinski definition) is 0. The fourth-order valence-electron chi connectivity index (χ4n) is 2.63. The molecular formula is C17H14F3N5O3S. The van der Waals surface area contributed by atoms with E-state index in [4.69, 9.17) is 10.00 Å². The zero-order valence-electron chi connectivity index (χ0n) is 15.2. The number of nitriles is 1. The molecule has 152 valence electrons. The van der Waals surface area contributed by atoms with Gasteiger partial charge in [0.1, 0.15) is 11.8 Å². The van der Waals surface area contributed by atoms with E-state index in [1.165, 1.54) is 23.8 Å². The zero-order valence-corrected chi connectivity index (χ0v) is 16.0. The first kappa shape index (κ1) is 20.5. The number of halogens is 3. The van der Waals surface area contributed by atoms with Crippen LogP contribution in [0.4, 0.5) is 13.2 Å². The molecule has 0 aliphatic rings. The number of nitrogens with zero attached hydrogens (tertiary/aromatic N) is 5. The van der Waals surface area contributed by atoms with Crippen molar-refractivity contribution in [1.29, 1.82) is 5.26 Å². The van der Waals surface area contributed by atoms with Gasteiger partial charge in [0.25, 0.3) is 0 Å². The van der Waals surface area contributed by atoms with Gasteiger partial charge < -0.3 is 9.30 Å². The first-order valence-electron chi connectivity index (χ1n) is 8.21. The van der Waals surface area contributed by atoms with Crippen molar-refractivity contribution in [2.24, 2.45) is 7.05 Å². The molecule has 0 saturated carbocycles. The summed E-state index contributed by atoms with van der Waals surface area (Å²) in [5.74, 6) is -0.217. The Hall–Kier alpha value is -3.20. The van der Waals surface area contributed by atoms with E-state index in [0.717, 1.165) is 0 Å². The van der Waals surface area contributed by atoms with E-state index in [0.29, 0.717) is 23.3 Å². The van der Waals surface area contributed by atoms with Crippen LogP contribution in [0.3, 0.4) is 0 Å². The van der Waals surface area contributed by atoms with Crippen molar-refractivity contribution < 1.29 is 26.3 Å². The monoisotopic (exact) mass is 425 g/mol. The number of fused-ring (bicyclic) bond motifs is 1. The lowest BCUT2D eigenvalue weighted by Gasteiger charge is -2.12. The SMILES string of the molecule is CCS(=O)(=O)c1cc(C(F)(F)F)cnc1-c1nc2cc(OCC#N)ncc2n1C. The summed E-state index contributed by atoms with van der Waals surface area (Å²) in [5, 5.41) is 8.58. The summed E-state index contributed by atoms with van der Waals surface area (Å²) in [4.78, 5) is 11.6. The van der Waals surface area contributed by atoms with Crippen LogP contribution in [0.2, 0.25) is 0 Å². The molecule has 3 heterocycles. The van der Waals surface area contributed by atoms with Gasteiger partial charge in [0.15, 0.2) is 22.3 Å². The standard InChI is InChI=1S/C17H14F3N5O3S/c1-3-29(26,27)13-6-10(17(18,19)20)8-23-15(13)16-24-11-7-14(28-5-4-21)22-9-12(11)25(16)2/h6-9H,3,5H2,1-2H3. The molecule has 12 heteroatoms. The van der Waals surface area contributed by atoms with Crippen molar-refractivity contribution in [3.63, 3.8) is 0 Å². The zero-order chi connectivity index (χ0) is 21.4. The predicted molar refractivity (Wildman–Crippen MR) is 95.6 cm³/mol. The normalized spacial score (nSPS) is 12.1. The van der Waals surface area contributed by atoms with Gasteiger partial charge in [0.2, 0.25) is 5.88 Å². The van der Waals surface area contributed by atoms with E-state index in [9.17, 15) is 21.6 Å². The second kappa shape index (κ2) is 7.32. The van der Waals surface area contributed by atoms with Gasteiger partial charge >= 0.3 is 6.18 Å². The highest BCUT2D eigenvalue weighted by Gasteiger charge is 2.34. The van der Waals surface area contributed by atoms with E-state index in [1.807, 2.05) is 0 Å². The molecule has 0 N–H and O–H groups in total. The molecule has 29 heavy (non-hydrogen) atoms.